The monoisotopic (exact) mass is 304 g/mol. The fourth-order valence-electron chi connectivity index (χ4n) is 2.96. The third-order valence-electron chi connectivity index (χ3n) is 4.35. The van der Waals surface area contributed by atoms with Crippen LogP contribution in [0, 0.1) is 5.92 Å². The van der Waals surface area contributed by atoms with E-state index in [4.69, 9.17) is 9.52 Å². The summed E-state index contributed by atoms with van der Waals surface area (Å²) >= 11 is 0. The van der Waals surface area contributed by atoms with Gasteiger partial charge in [-0.05, 0) is 30.9 Å². The van der Waals surface area contributed by atoms with E-state index in [-0.39, 0.29) is 18.9 Å². The second kappa shape index (κ2) is 6.36. The summed E-state index contributed by atoms with van der Waals surface area (Å²) in [4.78, 5) is 25.9. The topological polar surface area (TPSA) is 75.7 Å². The van der Waals surface area contributed by atoms with Crippen LogP contribution in [0.4, 0.5) is 0 Å². The number of fused-ring (bicyclic) bond motifs is 1. The van der Waals surface area contributed by atoms with Crippen LogP contribution in [0.15, 0.2) is 33.5 Å². The average molecular weight is 304 g/mol. The van der Waals surface area contributed by atoms with Gasteiger partial charge >= 0.3 is 5.76 Å². The number of hydrogen-bond donors (Lipinski definition) is 1. The maximum Gasteiger partial charge on any atom is 0.419 e. The third-order valence-corrected chi connectivity index (χ3v) is 4.35. The third kappa shape index (κ3) is 2.92. The number of amides is 1. The molecule has 2 aromatic rings. The number of aryl methyl sites for hydroxylation is 1. The minimum absolute atomic E-state index is 0.0496. The van der Waals surface area contributed by atoms with Gasteiger partial charge in [0.25, 0.3) is 0 Å². The molecule has 0 bridgehead atoms. The maximum atomic E-state index is 12.3. The molecule has 0 spiro atoms. The van der Waals surface area contributed by atoms with Crippen LogP contribution in [-0.2, 0) is 11.3 Å². The minimum Gasteiger partial charge on any atom is -0.408 e. The van der Waals surface area contributed by atoms with Gasteiger partial charge in [-0.25, -0.2) is 4.79 Å². The Morgan fingerprint density at radius 1 is 1.27 bits per heavy atom. The molecule has 0 unspecified atom stereocenters. The lowest BCUT2D eigenvalue weighted by molar-refractivity contribution is -0.133. The van der Waals surface area contributed by atoms with Crippen LogP contribution in [0.1, 0.15) is 19.3 Å². The molecule has 118 valence electrons. The number of carbonyl (C=O) groups is 1. The van der Waals surface area contributed by atoms with Crippen molar-refractivity contribution in [2.75, 3.05) is 19.7 Å². The number of piperidine rings is 1. The number of carbonyl (C=O) groups excluding carboxylic acids is 1. The first-order valence-electron chi connectivity index (χ1n) is 7.66. The molecule has 1 aromatic carbocycles. The first-order chi connectivity index (χ1) is 10.7. The molecule has 2 heterocycles. The number of aliphatic hydroxyl groups is 1. The lowest BCUT2D eigenvalue weighted by Crippen LogP contribution is -2.39. The highest BCUT2D eigenvalue weighted by Gasteiger charge is 2.22. The lowest BCUT2D eigenvalue weighted by Gasteiger charge is -2.31. The Balaban J connectivity index is 1.63. The van der Waals surface area contributed by atoms with Gasteiger partial charge in [-0.1, -0.05) is 12.1 Å². The summed E-state index contributed by atoms with van der Waals surface area (Å²) in [6, 6.07) is 7.22. The van der Waals surface area contributed by atoms with Crippen molar-refractivity contribution in [2.45, 2.75) is 25.8 Å². The van der Waals surface area contributed by atoms with Gasteiger partial charge in [-0.15, -0.1) is 0 Å². The van der Waals surface area contributed by atoms with Gasteiger partial charge in [0.1, 0.15) is 0 Å². The standard InChI is InChI=1S/C16H20N2O4/c19-11-12-5-8-17(9-6-12)15(20)7-10-18-13-3-1-2-4-14(13)22-16(18)21/h1-4,12,19H,5-11H2. The molecule has 0 atom stereocenters. The number of benzene rings is 1. The number of likely N-dealkylation sites (tertiary alicyclic amines) is 1. The fraction of sp³-hybridized carbons (Fsp3) is 0.500. The van der Waals surface area contributed by atoms with E-state index in [0.29, 0.717) is 31.1 Å². The summed E-state index contributed by atoms with van der Waals surface area (Å²) in [7, 11) is 0. The zero-order chi connectivity index (χ0) is 15.5. The highest BCUT2D eigenvalue weighted by Crippen LogP contribution is 2.17. The molecule has 0 radical (unpaired) electrons. The van der Waals surface area contributed by atoms with Crippen molar-refractivity contribution in [2.24, 2.45) is 5.92 Å². The fourth-order valence-corrected chi connectivity index (χ4v) is 2.96. The van der Waals surface area contributed by atoms with Crippen LogP contribution < -0.4 is 5.76 Å². The van der Waals surface area contributed by atoms with Crippen LogP contribution in [0.5, 0.6) is 0 Å². The first-order valence-corrected chi connectivity index (χ1v) is 7.66. The first kappa shape index (κ1) is 14.8. The molecule has 1 amide bonds. The van der Waals surface area contributed by atoms with E-state index < -0.39 is 5.76 Å². The van der Waals surface area contributed by atoms with Crippen molar-refractivity contribution >= 4 is 17.0 Å². The zero-order valence-corrected chi connectivity index (χ0v) is 12.4. The van der Waals surface area contributed by atoms with Crippen LogP contribution >= 0.6 is 0 Å². The summed E-state index contributed by atoms with van der Waals surface area (Å²) in [5.74, 6) is -0.0638. The van der Waals surface area contributed by atoms with Crippen LogP contribution in [0.3, 0.4) is 0 Å². The number of aromatic nitrogens is 1. The Morgan fingerprint density at radius 3 is 2.73 bits per heavy atom. The Bertz CT molecular complexity index is 710. The van der Waals surface area contributed by atoms with E-state index in [1.54, 1.807) is 6.07 Å². The van der Waals surface area contributed by atoms with Crippen LogP contribution in [0.25, 0.3) is 11.1 Å². The van der Waals surface area contributed by atoms with Crippen LogP contribution in [-0.4, -0.2) is 40.2 Å². The van der Waals surface area contributed by atoms with E-state index in [1.165, 1.54) is 4.57 Å². The lowest BCUT2D eigenvalue weighted by atomic mass is 9.98. The van der Waals surface area contributed by atoms with E-state index in [0.717, 1.165) is 18.4 Å². The van der Waals surface area contributed by atoms with Gasteiger partial charge in [0.05, 0.1) is 5.52 Å². The summed E-state index contributed by atoms with van der Waals surface area (Å²) in [5, 5.41) is 9.12. The van der Waals surface area contributed by atoms with E-state index >= 15 is 0 Å². The quantitative estimate of drug-likeness (QED) is 0.921. The molecule has 6 heteroatoms. The highest BCUT2D eigenvalue weighted by molar-refractivity contribution is 5.77. The van der Waals surface area contributed by atoms with Gasteiger partial charge in [0.15, 0.2) is 5.58 Å². The van der Waals surface area contributed by atoms with Crippen molar-refractivity contribution in [1.29, 1.82) is 0 Å². The molecule has 1 saturated heterocycles. The van der Waals surface area contributed by atoms with Gasteiger partial charge in [0, 0.05) is 32.7 Å². The number of oxazole rings is 1. The van der Waals surface area contributed by atoms with Crippen molar-refractivity contribution < 1.29 is 14.3 Å². The van der Waals surface area contributed by atoms with Gasteiger partial charge in [-0.2, -0.15) is 0 Å². The molecule has 0 aliphatic carbocycles. The van der Waals surface area contributed by atoms with Gasteiger partial charge < -0.3 is 14.4 Å². The summed E-state index contributed by atoms with van der Waals surface area (Å²) in [5.41, 5.74) is 1.27. The number of aliphatic hydroxyl groups excluding tert-OH is 1. The summed E-state index contributed by atoms with van der Waals surface area (Å²) in [6.07, 6.45) is 1.97. The summed E-state index contributed by atoms with van der Waals surface area (Å²) in [6.45, 7) is 1.89. The van der Waals surface area contributed by atoms with Crippen molar-refractivity contribution in [3.8, 4) is 0 Å². The average Bonchev–Trinajstić information content (AvgIpc) is 2.88. The molecule has 1 aliphatic rings. The zero-order valence-electron chi connectivity index (χ0n) is 12.4. The maximum absolute atomic E-state index is 12.3. The number of rotatable bonds is 4. The molecule has 3 rings (SSSR count). The van der Waals surface area contributed by atoms with Gasteiger partial charge in [0.2, 0.25) is 5.91 Å². The second-order valence-electron chi connectivity index (χ2n) is 5.74. The van der Waals surface area contributed by atoms with E-state index in [2.05, 4.69) is 0 Å². The Hall–Kier alpha value is -2.08. The van der Waals surface area contributed by atoms with E-state index in [1.807, 2.05) is 23.1 Å². The molecule has 1 aliphatic heterocycles. The molecule has 0 saturated carbocycles. The minimum atomic E-state index is -0.423. The summed E-state index contributed by atoms with van der Waals surface area (Å²) < 4.78 is 6.67. The van der Waals surface area contributed by atoms with Crippen LogP contribution in [0.2, 0.25) is 0 Å². The second-order valence-corrected chi connectivity index (χ2v) is 5.74. The Morgan fingerprint density at radius 2 is 2.00 bits per heavy atom. The Labute approximate surface area is 127 Å². The largest absolute Gasteiger partial charge is 0.419 e. The smallest absolute Gasteiger partial charge is 0.408 e. The Kier molecular flexibility index (Phi) is 4.29. The molecule has 1 fully saturated rings. The number of hydrogen-bond acceptors (Lipinski definition) is 4. The molecule has 22 heavy (non-hydrogen) atoms. The number of nitrogens with zero attached hydrogens (tertiary/aromatic N) is 2. The van der Waals surface area contributed by atoms with E-state index in [9.17, 15) is 9.59 Å². The normalized spacial score (nSPS) is 16.3. The van der Waals surface area contributed by atoms with Crippen molar-refractivity contribution in [3.63, 3.8) is 0 Å². The molecule has 1 N–H and O–H groups in total. The number of para-hydroxylation sites is 2. The SMILES string of the molecule is O=C(CCn1c(=O)oc2ccccc21)N1CCC(CO)CC1. The highest BCUT2D eigenvalue weighted by atomic mass is 16.4. The van der Waals surface area contributed by atoms with Crippen molar-refractivity contribution in [1.82, 2.24) is 9.47 Å². The van der Waals surface area contributed by atoms with Crippen molar-refractivity contribution in [3.05, 3.63) is 34.8 Å². The van der Waals surface area contributed by atoms with Gasteiger partial charge in [-0.3, -0.25) is 9.36 Å². The predicted molar refractivity (Wildman–Crippen MR) is 81.5 cm³/mol. The molecular weight excluding hydrogens is 284 g/mol. The predicted octanol–water partition coefficient (Wildman–Crippen LogP) is 1.22. The molecule has 6 nitrogen and oxygen atoms in total. The molecular formula is C16H20N2O4. The molecule has 1 aromatic heterocycles.